The highest BCUT2D eigenvalue weighted by Gasteiger charge is 2.22. The minimum atomic E-state index is -0.265. The topological polar surface area (TPSA) is 55.4 Å². The average molecular weight is 1260 g/mol. The lowest BCUT2D eigenvalue weighted by Crippen LogP contribution is -2.10. The molecule has 480 valence electrons. The van der Waals surface area contributed by atoms with Crippen LogP contribution in [0.1, 0.15) is 158 Å². The van der Waals surface area contributed by atoms with Crippen molar-refractivity contribution in [3.05, 3.63) is 252 Å². The first kappa shape index (κ1) is 72.3. The Morgan fingerprint density at radius 3 is 0.312 bits per heavy atom. The zero-order chi connectivity index (χ0) is 70.6. The molecule has 0 aliphatic heterocycles. The number of ether oxygens (including phenoxy) is 6. The Bertz CT molecular complexity index is 3570. The molecule has 0 unspecified atom stereocenters. The summed E-state index contributed by atoms with van der Waals surface area (Å²) < 4.78 is 36.3. The summed E-state index contributed by atoms with van der Waals surface area (Å²) in [6.07, 6.45) is 0. The van der Waals surface area contributed by atoms with Crippen molar-refractivity contribution in [3.63, 3.8) is 0 Å². The van der Waals surface area contributed by atoms with Crippen molar-refractivity contribution in [3.8, 4) is 34.5 Å². The summed E-state index contributed by atoms with van der Waals surface area (Å²) in [6.45, 7) is 38.5. The van der Waals surface area contributed by atoms with Crippen molar-refractivity contribution in [1.82, 2.24) is 0 Å². The summed E-state index contributed by atoms with van der Waals surface area (Å²) >= 11 is 0. The van der Waals surface area contributed by atoms with Gasteiger partial charge in [-0.05, 0) is 284 Å². The Morgan fingerprint density at radius 1 is 0.167 bits per heavy atom. The first-order valence-electron chi connectivity index (χ1n) is 31.6. The molecule has 0 aromatic heterocycles. The first-order valence-corrected chi connectivity index (χ1v) is 31.6. The van der Waals surface area contributed by atoms with Crippen LogP contribution in [-0.4, -0.2) is 42.7 Å². The van der Waals surface area contributed by atoms with Gasteiger partial charge in [0.05, 0.1) is 107 Å². The lowest BCUT2D eigenvalue weighted by Gasteiger charge is -2.19. The number of fused-ring (bicyclic) bond motifs is 12. The van der Waals surface area contributed by atoms with Gasteiger partial charge in [0.25, 0.3) is 0 Å². The van der Waals surface area contributed by atoms with Gasteiger partial charge in [-0.25, -0.2) is 0 Å². The number of hydrogen-bond donors (Lipinski definition) is 0. The van der Waals surface area contributed by atoms with E-state index in [9.17, 15) is 0 Å². The molecule has 0 saturated heterocycles. The molecule has 0 N–H and O–H groups in total. The third-order valence-corrected chi connectivity index (χ3v) is 15.7. The Kier molecular flexibility index (Phi) is 22.5. The zero-order valence-electron chi connectivity index (χ0n) is 60.4. The summed E-state index contributed by atoms with van der Waals surface area (Å²) in [5.41, 5.74) is 4.45. The van der Waals surface area contributed by atoms with Crippen LogP contribution >= 0.6 is 0 Å². The second-order valence-electron chi connectivity index (χ2n) is 29.1. The van der Waals surface area contributed by atoms with Crippen LogP contribution in [-0.2, 0) is 32.5 Å². The molecule has 7 aromatic rings. The molecule has 96 heavy (non-hydrogen) atoms. The highest BCUT2D eigenvalue weighted by Crippen LogP contribution is 2.37. The molecule has 7 aromatic carbocycles. The maximum absolute atomic E-state index is 6.05. The molecule has 0 aliphatic carbocycles. The third kappa shape index (κ3) is 18.2. The second-order valence-corrected chi connectivity index (χ2v) is 29.1. The molecular weight excluding hydrogens is 1180 g/mol. The van der Waals surface area contributed by atoms with Crippen LogP contribution in [0, 0.1) is 146 Å². The maximum atomic E-state index is 6.05. The summed E-state index contributed by atoms with van der Waals surface area (Å²) in [5.74, 6) is 3.02. The monoisotopic (exact) mass is 1260 g/mol. The highest BCUT2D eigenvalue weighted by molar-refractivity contribution is 5.85. The first-order chi connectivity index (χ1) is 45.1. The minimum absolute atomic E-state index is 0.265. The van der Waals surface area contributed by atoms with E-state index in [1.165, 1.54) is 0 Å². The molecule has 0 radical (unpaired) electrons. The van der Waals surface area contributed by atoms with E-state index in [-0.39, 0.29) is 32.5 Å². The summed E-state index contributed by atoms with van der Waals surface area (Å²) in [6, 6.07) is 101. The van der Waals surface area contributed by atoms with E-state index in [4.69, 9.17) is 28.4 Å². The number of methoxy groups -OCH3 is 6. The number of hydrogen-bond acceptors (Lipinski definition) is 6. The molecule has 0 spiro atoms. The molecule has 6 heteroatoms. The Morgan fingerprint density at radius 2 is 0.250 bits per heavy atom. The van der Waals surface area contributed by atoms with Crippen LogP contribution in [0.15, 0.2) is 72.8 Å². The summed E-state index contributed by atoms with van der Waals surface area (Å²) in [7, 11) is 9.65. The molecule has 7 rings (SSSR count). The molecule has 12 bridgehead atoms. The largest absolute Gasteiger partial charge is 0.494 e. The fourth-order valence-electron chi connectivity index (χ4n) is 9.99. The fourth-order valence-corrected chi connectivity index (χ4v) is 9.99. The predicted molar refractivity (Wildman–Crippen MR) is 387 cm³/mol. The van der Waals surface area contributed by atoms with Gasteiger partial charge >= 0.3 is 0 Å². The third-order valence-electron chi connectivity index (χ3n) is 15.7. The number of rotatable bonds is 6. The Hall–Kier alpha value is -11.2. The molecule has 0 amide bonds. The van der Waals surface area contributed by atoms with E-state index < -0.39 is 0 Å². The van der Waals surface area contributed by atoms with Crippen LogP contribution in [0.5, 0.6) is 34.5 Å². The van der Waals surface area contributed by atoms with Gasteiger partial charge in [-0.3, -0.25) is 0 Å². The highest BCUT2D eigenvalue weighted by atomic mass is 16.5. The Balaban J connectivity index is 1.59. The van der Waals surface area contributed by atoms with Crippen LogP contribution < -0.4 is 28.4 Å². The van der Waals surface area contributed by atoms with Crippen molar-refractivity contribution >= 4 is 64.6 Å². The van der Waals surface area contributed by atoms with Gasteiger partial charge in [-0.15, -0.1) is 0 Å². The summed E-state index contributed by atoms with van der Waals surface area (Å²) in [4.78, 5) is 0. The van der Waals surface area contributed by atoms with Crippen molar-refractivity contribution in [2.24, 2.45) is 0 Å². The average Bonchev–Trinajstić information content (AvgIpc) is 0.873. The van der Waals surface area contributed by atoms with E-state index >= 15 is 0 Å². The quantitative estimate of drug-likeness (QED) is 0.165. The second kappa shape index (κ2) is 29.8. The van der Waals surface area contributed by atoms with E-state index in [0.29, 0.717) is 99.1 Å². The van der Waals surface area contributed by atoms with Crippen LogP contribution in [0.3, 0.4) is 0 Å². The normalized spacial score (nSPS) is 10.8. The van der Waals surface area contributed by atoms with Gasteiger partial charge in [-0.2, -0.15) is 0 Å². The van der Waals surface area contributed by atoms with Gasteiger partial charge in [0.15, 0.2) is 0 Å². The van der Waals surface area contributed by atoms with E-state index in [1.54, 1.807) is 42.7 Å². The molecule has 0 saturated carbocycles. The molecule has 0 atom stereocenters. The van der Waals surface area contributed by atoms with Crippen molar-refractivity contribution in [1.29, 1.82) is 0 Å². The van der Waals surface area contributed by atoms with E-state index in [2.05, 4.69) is 270 Å². The smallest absolute Gasteiger partial charge is 0.150 e. The van der Waals surface area contributed by atoms with Crippen LogP contribution in [0.4, 0.5) is 0 Å². The van der Waals surface area contributed by atoms with Gasteiger partial charge in [-0.1, -0.05) is 125 Å². The molecule has 6 nitrogen and oxygen atoms in total. The lowest BCUT2D eigenvalue weighted by atomic mass is 9.86. The fraction of sp³-hybridized carbons (Fsp3) is 0.333. The zero-order valence-corrected chi connectivity index (χ0v) is 60.4. The standard InChI is InChI=1S/C90H84O6/c1-85(2,3)73-49-61-37-25-27-39-63-51-74(86(4,5)6)53-65(80(63)92-20)41-29-31-43-67-55-76(88(10,11)12)57-69(82(67)94-22)45-33-35-47-71-59-78(90(16,17)18)60-72(84(71)96-24)48-36-34-46-70-58-77(89(13,14)15)56-68(83(70)95-23)44-32-30-42-66-54-75(87(7,8)9)52-64(81(66)93-21)40-28-26-38-62(50-73)79(61)91-19/h49-60H,1-24H3. The van der Waals surface area contributed by atoms with E-state index in [1.807, 2.05) is 72.8 Å². The van der Waals surface area contributed by atoms with E-state index in [0.717, 1.165) is 33.4 Å². The summed E-state index contributed by atoms with van der Waals surface area (Å²) in [5, 5.41) is 7.52. The van der Waals surface area contributed by atoms with Crippen molar-refractivity contribution in [2.45, 2.75) is 157 Å². The molecule has 0 fully saturated rings. The van der Waals surface area contributed by atoms with Gasteiger partial charge in [0, 0.05) is 0 Å². The van der Waals surface area contributed by atoms with Gasteiger partial charge in [0.1, 0.15) is 34.5 Å². The predicted octanol–water partition coefficient (Wildman–Crippen LogP) is 20.1. The lowest BCUT2D eigenvalue weighted by molar-refractivity contribution is 0.423. The van der Waals surface area contributed by atoms with Crippen LogP contribution in [0.2, 0.25) is 0 Å². The molecule has 0 aliphatic rings. The molecule has 0 heterocycles. The number of benzene rings is 6. The van der Waals surface area contributed by atoms with Gasteiger partial charge < -0.3 is 28.4 Å². The SMILES string of the molecule is COc1c2c#cc#cc3cc(C(C)(C)C)cc(c#cc#cc4cc(C(C)(C)C)cc(c#cc#cc5cc(C(C)(C)C)cc(c#cc#cc6cc(C(C)(C)C)cc(c#cc#cc7cc(C(C)(C)C)cc(c#cc#cc1cc(C(C)(C)C)c2)c7OC)c6OC)c5OC)c4OC)c3OC. The van der Waals surface area contributed by atoms with Crippen molar-refractivity contribution < 1.29 is 28.4 Å². The van der Waals surface area contributed by atoms with Gasteiger partial charge in [0.2, 0.25) is 0 Å². The minimum Gasteiger partial charge on any atom is -0.494 e. The molecular formula is C90H84O6. The Labute approximate surface area is 575 Å². The van der Waals surface area contributed by atoms with Crippen LogP contribution in [0.25, 0.3) is 64.6 Å². The van der Waals surface area contributed by atoms with Crippen molar-refractivity contribution in [2.75, 3.05) is 42.7 Å². The maximum Gasteiger partial charge on any atom is 0.150 e.